The van der Waals surface area contributed by atoms with Gasteiger partial charge in [0.05, 0.1) is 22.4 Å². The number of amidine groups is 1. The molecule has 7 nitrogen and oxygen atoms in total. The molecule has 1 fully saturated rings. The van der Waals surface area contributed by atoms with Crippen molar-refractivity contribution in [2.45, 2.75) is 44.8 Å². The standard InChI is InChI=1S/C21H25ClF3N3O4S/c1-11(7-8-33(3,30)31)27-20(29)19-26-10-16(18(28-19)14-9-21(14,24)25)32-12(2)13-5-4-6-15(23)17(13)22/h4-6,11-12,14H,7-10H2,1-3H3,(H,26,28)(H,27,29)/t11-,12+,14-/m1/s1. The Balaban J connectivity index is 1.73. The number of sulfone groups is 1. The molecule has 1 aromatic rings. The lowest BCUT2D eigenvalue weighted by Gasteiger charge is -2.26. The van der Waals surface area contributed by atoms with Crippen molar-refractivity contribution in [1.82, 2.24) is 10.6 Å². The summed E-state index contributed by atoms with van der Waals surface area (Å²) in [5.74, 6) is -5.53. The molecule has 1 aliphatic heterocycles. The summed E-state index contributed by atoms with van der Waals surface area (Å²) in [4.78, 5) is 16.7. The van der Waals surface area contributed by atoms with Gasteiger partial charge in [-0.15, -0.1) is 0 Å². The SMILES string of the molecule is C[C@H](CCS(C)(=O)=O)NC(=O)C1=NCC(O[C@@H](C)c2cccc(F)c2Cl)=C([C@H]2CC2(F)F)N1. The third-order valence-corrected chi connectivity index (χ3v) is 6.74. The fourth-order valence-corrected chi connectivity index (χ4v) is 4.44. The third kappa shape index (κ3) is 6.41. The number of amides is 1. The van der Waals surface area contributed by atoms with E-state index in [1.807, 2.05) is 0 Å². The molecule has 0 bridgehead atoms. The second-order valence-electron chi connectivity index (χ2n) is 8.34. The maximum atomic E-state index is 13.9. The van der Waals surface area contributed by atoms with Gasteiger partial charge in [-0.3, -0.25) is 9.79 Å². The molecule has 0 radical (unpaired) electrons. The summed E-state index contributed by atoms with van der Waals surface area (Å²) in [6.07, 6.45) is 0.133. The van der Waals surface area contributed by atoms with E-state index in [4.69, 9.17) is 16.3 Å². The summed E-state index contributed by atoms with van der Waals surface area (Å²) >= 11 is 6.00. The van der Waals surface area contributed by atoms with Gasteiger partial charge >= 0.3 is 0 Å². The van der Waals surface area contributed by atoms with Crippen LogP contribution in [0.3, 0.4) is 0 Å². The monoisotopic (exact) mass is 507 g/mol. The number of nitrogens with zero attached hydrogens (tertiary/aromatic N) is 1. The van der Waals surface area contributed by atoms with Crippen LogP contribution in [0.1, 0.15) is 38.4 Å². The number of ether oxygens (including phenoxy) is 1. The van der Waals surface area contributed by atoms with Gasteiger partial charge in [-0.25, -0.2) is 21.6 Å². The highest BCUT2D eigenvalue weighted by atomic mass is 35.5. The van der Waals surface area contributed by atoms with E-state index < -0.39 is 52.0 Å². The number of aliphatic imine (C=N–C) groups is 1. The number of halogens is 4. The first-order valence-corrected chi connectivity index (χ1v) is 12.7. The van der Waals surface area contributed by atoms with Crippen molar-refractivity contribution in [3.8, 4) is 0 Å². The van der Waals surface area contributed by atoms with Crippen molar-refractivity contribution in [2.75, 3.05) is 18.6 Å². The van der Waals surface area contributed by atoms with Crippen molar-refractivity contribution in [1.29, 1.82) is 0 Å². The maximum absolute atomic E-state index is 13.9. The predicted molar refractivity (Wildman–Crippen MR) is 118 cm³/mol. The van der Waals surface area contributed by atoms with Gasteiger partial charge in [-0.2, -0.15) is 0 Å². The molecule has 182 valence electrons. The quantitative estimate of drug-likeness (QED) is 0.534. The van der Waals surface area contributed by atoms with Crippen molar-refractivity contribution >= 4 is 33.2 Å². The Morgan fingerprint density at radius 2 is 2.06 bits per heavy atom. The van der Waals surface area contributed by atoms with Gasteiger partial charge in [-0.1, -0.05) is 23.7 Å². The number of carbonyl (C=O) groups is 1. The van der Waals surface area contributed by atoms with Crippen molar-refractivity contribution in [2.24, 2.45) is 10.9 Å². The van der Waals surface area contributed by atoms with Crippen LogP contribution in [0.15, 0.2) is 34.6 Å². The molecule has 1 aromatic carbocycles. The molecular formula is C21H25ClF3N3O4S. The smallest absolute Gasteiger partial charge is 0.286 e. The Morgan fingerprint density at radius 1 is 1.39 bits per heavy atom. The van der Waals surface area contributed by atoms with Gasteiger partial charge in [0.25, 0.3) is 11.8 Å². The lowest BCUT2D eigenvalue weighted by atomic mass is 10.1. The van der Waals surface area contributed by atoms with Crippen molar-refractivity contribution in [3.05, 3.63) is 46.1 Å². The van der Waals surface area contributed by atoms with Gasteiger partial charge in [0.15, 0.2) is 5.84 Å². The molecule has 12 heteroatoms. The minimum atomic E-state index is -3.19. The number of carbonyl (C=O) groups excluding carboxylic acids is 1. The minimum Gasteiger partial charge on any atom is -0.487 e. The van der Waals surface area contributed by atoms with E-state index in [-0.39, 0.29) is 41.0 Å². The molecule has 1 saturated carbocycles. The minimum absolute atomic E-state index is 0.0447. The predicted octanol–water partition coefficient (Wildman–Crippen LogP) is 3.36. The highest BCUT2D eigenvalue weighted by Crippen LogP contribution is 2.53. The number of benzene rings is 1. The molecule has 0 saturated heterocycles. The van der Waals surface area contributed by atoms with Gasteiger partial charge < -0.3 is 15.4 Å². The fourth-order valence-electron chi connectivity index (χ4n) is 3.38. The molecule has 0 spiro atoms. The lowest BCUT2D eigenvalue weighted by Crippen LogP contribution is -2.46. The number of allylic oxidation sites excluding steroid dienone is 1. The van der Waals surface area contributed by atoms with Gasteiger partial charge in [0.2, 0.25) is 0 Å². The first-order chi connectivity index (χ1) is 15.3. The molecule has 1 aliphatic carbocycles. The van der Waals surface area contributed by atoms with Crippen molar-refractivity contribution in [3.63, 3.8) is 0 Å². The number of alkyl halides is 2. The summed E-state index contributed by atoms with van der Waals surface area (Å²) < 4.78 is 70.0. The fraction of sp³-hybridized carbons (Fsp3) is 0.524. The van der Waals surface area contributed by atoms with Crippen LogP contribution in [0.4, 0.5) is 13.2 Å². The zero-order chi connectivity index (χ0) is 24.6. The van der Waals surface area contributed by atoms with Crippen LogP contribution in [0.5, 0.6) is 0 Å². The summed E-state index contributed by atoms with van der Waals surface area (Å²) in [6, 6.07) is 3.76. The van der Waals surface area contributed by atoms with E-state index in [1.54, 1.807) is 19.9 Å². The van der Waals surface area contributed by atoms with Crippen LogP contribution in [0.25, 0.3) is 0 Å². The van der Waals surface area contributed by atoms with Crippen LogP contribution in [0, 0.1) is 11.7 Å². The van der Waals surface area contributed by atoms with Crippen LogP contribution >= 0.6 is 11.6 Å². The molecule has 2 aliphatic rings. The molecule has 2 N–H and O–H groups in total. The topological polar surface area (TPSA) is 96.9 Å². The first-order valence-electron chi connectivity index (χ1n) is 10.3. The van der Waals surface area contributed by atoms with E-state index in [0.717, 1.165) is 6.26 Å². The van der Waals surface area contributed by atoms with Crippen molar-refractivity contribution < 1.29 is 31.1 Å². The van der Waals surface area contributed by atoms with E-state index in [2.05, 4.69) is 15.6 Å². The Labute approximate surface area is 195 Å². The number of hydrogen-bond acceptors (Lipinski definition) is 6. The average molecular weight is 508 g/mol. The number of hydrogen-bond donors (Lipinski definition) is 2. The van der Waals surface area contributed by atoms with Gasteiger partial charge in [-0.05, 0) is 26.3 Å². The van der Waals surface area contributed by atoms with E-state index in [1.165, 1.54) is 12.1 Å². The molecule has 3 atom stereocenters. The highest BCUT2D eigenvalue weighted by molar-refractivity contribution is 7.90. The second kappa shape index (κ2) is 9.54. The highest BCUT2D eigenvalue weighted by Gasteiger charge is 2.60. The van der Waals surface area contributed by atoms with Crippen LogP contribution in [-0.2, 0) is 19.4 Å². The van der Waals surface area contributed by atoms with E-state index >= 15 is 0 Å². The van der Waals surface area contributed by atoms with Crippen LogP contribution in [-0.4, -0.2) is 50.7 Å². The maximum Gasteiger partial charge on any atom is 0.286 e. The molecule has 1 heterocycles. The van der Waals surface area contributed by atoms with Crippen LogP contribution < -0.4 is 10.6 Å². The number of rotatable bonds is 9. The second-order valence-corrected chi connectivity index (χ2v) is 11.0. The molecule has 33 heavy (non-hydrogen) atoms. The summed E-state index contributed by atoms with van der Waals surface area (Å²) in [7, 11) is -3.19. The van der Waals surface area contributed by atoms with Gasteiger partial charge in [0, 0.05) is 24.3 Å². The normalized spacial score (nSPS) is 21.5. The summed E-state index contributed by atoms with van der Waals surface area (Å²) in [6.45, 7) is 3.07. The zero-order valence-electron chi connectivity index (χ0n) is 18.3. The molecule has 0 unspecified atom stereocenters. The largest absolute Gasteiger partial charge is 0.487 e. The lowest BCUT2D eigenvalue weighted by molar-refractivity contribution is -0.115. The summed E-state index contributed by atoms with van der Waals surface area (Å²) in [5, 5.41) is 5.15. The van der Waals surface area contributed by atoms with Gasteiger partial charge in [0.1, 0.15) is 34.1 Å². The Hall–Kier alpha value is -2.27. The average Bonchev–Trinajstić information content (AvgIpc) is 3.36. The van der Waals surface area contributed by atoms with Crippen LogP contribution in [0.2, 0.25) is 5.02 Å². The number of nitrogens with one attached hydrogen (secondary N) is 2. The molecule has 0 aromatic heterocycles. The Bertz CT molecular complexity index is 1110. The summed E-state index contributed by atoms with van der Waals surface area (Å²) in [5.41, 5.74) is 0.390. The Kier molecular flexibility index (Phi) is 7.33. The molecular weight excluding hydrogens is 483 g/mol. The van der Waals surface area contributed by atoms with E-state index in [0.29, 0.717) is 5.56 Å². The van der Waals surface area contributed by atoms with E-state index in [9.17, 15) is 26.4 Å². The first kappa shape index (κ1) is 25.4. The third-order valence-electron chi connectivity index (χ3n) is 5.36. The Morgan fingerprint density at radius 3 is 2.67 bits per heavy atom. The zero-order valence-corrected chi connectivity index (χ0v) is 19.9. The molecule has 3 rings (SSSR count). The molecule has 1 amide bonds.